The Hall–Kier alpha value is -3.85. The molecule has 1 N–H and O–H groups in total. The molecule has 0 spiro atoms. The molecule has 2 aromatic carbocycles. The number of hydrogen-bond donors (Lipinski definition) is 1. The number of esters is 1. The minimum atomic E-state index is -0.776. The Labute approximate surface area is 206 Å². The molecule has 0 amide bonds. The summed E-state index contributed by atoms with van der Waals surface area (Å²) in [5.74, 6) is 0.569. The topological polar surface area (TPSA) is 99.4 Å². The molecule has 0 saturated heterocycles. The fourth-order valence-electron chi connectivity index (χ4n) is 3.99. The van der Waals surface area contributed by atoms with E-state index < -0.39 is 12.0 Å². The average Bonchev–Trinajstić information content (AvgIpc) is 3.14. The third kappa shape index (κ3) is 4.59. The van der Waals surface area contributed by atoms with E-state index in [0.29, 0.717) is 44.3 Å². The van der Waals surface area contributed by atoms with Gasteiger partial charge in [-0.1, -0.05) is 35.6 Å². The van der Waals surface area contributed by atoms with E-state index in [2.05, 4.69) is 4.99 Å². The molecule has 182 valence electrons. The molecule has 0 unspecified atom stereocenters. The first kappa shape index (κ1) is 24.3. The van der Waals surface area contributed by atoms with Crippen LogP contribution in [-0.4, -0.2) is 36.0 Å². The van der Waals surface area contributed by atoms with Crippen molar-refractivity contribution in [3.05, 3.63) is 84.5 Å². The second-order valence-corrected chi connectivity index (χ2v) is 8.71. The molecule has 0 fully saturated rings. The molecule has 0 radical (unpaired) electrons. The number of hydrogen-bond acceptors (Lipinski definition) is 8. The third-order valence-electron chi connectivity index (χ3n) is 5.54. The van der Waals surface area contributed by atoms with Crippen molar-refractivity contribution >= 4 is 23.4 Å². The lowest BCUT2D eigenvalue weighted by Gasteiger charge is -2.25. The number of phenols is 1. The number of ether oxygens (including phenoxy) is 3. The van der Waals surface area contributed by atoms with Gasteiger partial charge in [0.15, 0.2) is 16.3 Å². The molecular formula is C26H26N2O6S. The number of thiazole rings is 1. The van der Waals surface area contributed by atoms with E-state index in [1.54, 1.807) is 69.5 Å². The van der Waals surface area contributed by atoms with E-state index in [1.165, 1.54) is 15.9 Å². The summed E-state index contributed by atoms with van der Waals surface area (Å²) in [4.78, 5) is 31.7. The zero-order chi connectivity index (χ0) is 25.1. The van der Waals surface area contributed by atoms with Gasteiger partial charge in [-0.05, 0) is 50.6 Å². The lowest BCUT2D eigenvalue weighted by molar-refractivity contribution is -0.139. The lowest BCUT2D eigenvalue weighted by atomic mass is 9.95. The second kappa shape index (κ2) is 10.2. The number of fused-ring (bicyclic) bond motifs is 1. The summed E-state index contributed by atoms with van der Waals surface area (Å²) in [5.41, 5.74) is 1.59. The molecule has 1 aliphatic heterocycles. The van der Waals surface area contributed by atoms with Crippen LogP contribution in [0.1, 0.15) is 37.9 Å². The summed E-state index contributed by atoms with van der Waals surface area (Å²) in [5, 5.41) is 10.2. The quantitative estimate of drug-likeness (QED) is 0.507. The summed E-state index contributed by atoms with van der Waals surface area (Å²) in [6.45, 7) is 5.93. The molecule has 4 rings (SSSR count). The van der Waals surface area contributed by atoms with Crippen LogP contribution >= 0.6 is 11.3 Å². The van der Waals surface area contributed by atoms with Gasteiger partial charge < -0.3 is 19.3 Å². The van der Waals surface area contributed by atoms with Crippen molar-refractivity contribution < 1.29 is 24.1 Å². The number of carbonyl (C=O) groups excluding carboxylic acids is 1. The zero-order valence-electron chi connectivity index (χ0n) is 19.9. The molecule has 0 aliphatic carbocycles. The zero-order valence-corrected chi connectivity index (χ0v) is 20.7. The molecule has 0 bridgehead atoms. The van der Waals surface area contributed by atoms with Gasteiger partial charge in [0.1, 0.15) is 5.75 Å². The van der Waals surface area contributed by atoms with Gasteiger partial charge >= 0.3 is 5.97 Å². The molecule has 1 aliphatic rings. The summed E-state index contributed by atoms with van der Waals surface area (Å²) >= 11 is 1.19. The highest BCUT2D eigenvalue weighted by Crippen LogP contribution is 2.36. The van der Waals surface area contributed by atoms with E-state index in [1.807, 2.05) is 6.92 Å². The lowest BCUT2D eigenvalue weighted by Crippen LogP contribution is -2.40. The Bertz CT molecular complexity index is 1480. The van der Waals surface area contributed by atoms with Gasteiger partial charge in [-0.3, -0.25) is 9.36 Å². The Kier molecular flexibility index (Phi) is 7.07. The van der Waals surface area contributed by atoms with Gasteiger partial charge in [-0.25, -0.2) is 9.79 Å². The molecular weight excluding hydrogens is 468 g/mol. The summed E-state index contributed by atoms with van der Waals surface area (Å²) in [6, 6.07) is 11.3. The van der Waals surface area contributed by atoms with Crippen LogP contribution in [0.5, 0.6) is 17.2 Å². The minimum Gasteiger partial charge on any atom is -0.507 e. The van der Waals surface area contributed by atoms with Crippen molar-refractivity contribution in [2.24, 2.45) is 4.99 Å². The van der Waals surface area contributed by atoms with Crippen LogP contribution < -0.4 is 24.4 Å². The molecule has 0 saturated carbocycles. The smallest absolute Gasteiger partial charge is 0.338 e. The third-order valence-corrected chi connectivity index (χ3v) is 6.53. The number of benzene rings is 2. The maximum atomic E-state index is 13.6. The van der Waals surface area contributed by atoms with Crippen molar-refractivity contribution in [3.63, 3.8) is 0 Å². The van der Waals surface area contributed by atoms with Gasteiger partial charge in [0.05, 0.1) is 42.2 Å². The SMILES string of the molecule is CCOC(=O)C1=C(C)N=c2s/c(=C/c3ccccc3O)c(=O)n2[C@@H]1c1ccc(OC)c(OCC)c1. The Morgan fingerprint density at radius 3 is 2.63 bits per heavy atom. The molecule has 8 nitrogen and oxygen atoms in total. The fraction of sp³-hybridized carbons (Fsp3) is 0.269. The largest absolute Gasteiger partial charge is 0.507 e. The first-order valence-electron chi connectivity index (χ1n) is 11.2. The number of carbonyl (C=O) groups is 1. The van der Waals surface area contributed by atoms with Crippen molar-refractivity contribution in [3.8, 4) is 17.2 Å². The first-order valence-corrected chi connectivity index (χ1v) is 12.0. The van der Waals surface area contributed by atoms with Crippen molar-refractivity contribution in [2.45, 2.75) is 26.8 Å². The maximum Gasteiger partial charge on any atom is 0.338 e. The fourth-order valence-corrected chi connectivity index (χ4v) is 5.03. The number of phenolic OH excluding ortho intramolecular Hbond substituents is 1. The highest BCUT2D eigenvalue weighted by atomic mass is 32.1. The van der Waals surface area contributed by atoms with Gasteiger partial charge in [-0.15, -0.1) is 0 Å². The number of allylic oxidation sites excluding steroid dienone is 1. The highest BCUT2D eigenvalue weighted by molar-refractivity contribution is 7.07. The predicted octanol–water partition coefficient (Wildman–Crippen LogP) is 2.91. The van der Waals surface area contributed by atoms with Crippen molar-refractivity contribution in [2.75, 3.05) is 20.3 Å². The van der Waals surface area contributed by atoms with Gasteiger partial charge in [0.2, 0.25) is 0 Å². The van der Waals surface area contributed by atoms with Crippen LogP contribution in [0.25, 0.3) is 6.08 Å². The van der Waals surface area contributed by atoms with Gasteiger partial charge in [0, 0.05) is 5.56 Å². The number of rotatable bonds is 7. The number of aromatic nitrogens is 1. The molecule has 35 heavy (non-hydrogen) atoms. The van der Waals surface area contributed by atoms with E-state index in [0.717, 1.165) is 0 Å². The second-order valence-electron chi connectivity index (χ2n) is 7.70. The summed E-state index contributed by atoms with van der Waals surface area (Å²) in [7, 11) is 1.55. The molecule has 3 aromatic rings. The Morgan fingerprint density at radius 1 is 1.17 bits per heavy atom. The van der Waals surface area contributed by atoms with Gasteiger partial charge in [0.25, 0.3) is 5.56 Å². The Balaban J connectivity index is 1.98. The van der Waals surface area contributed by atoms with Crippen LogP contribution in [-0.2, 0) is 9.53 Å². The summed E-state index contributed by atoms with van der Waals surface area (Å²) < 4.78 is 18.4. The van der Waals surface area contributed by atoms with E-state index >= 15 is 0 Å². The molecule has 2 heterocycles. The van der Waals surface area contributed by atoms with E-state index in [4.69, 9.17) is 14.2 Å². The normalized spacial score (nSPS) is 15.4. The Morgan fingerprint density at radius 2 is 1.94 bits per heavy atom. The average molecular weight is 495 g/mol. The number of methoxy groups -OCH3 is 1. The highest BCUT2D eigenvalue weighted by Gasteiger charge is 2.34. The minimum absolute atomic E-state index is 0.0646. The van der Waals surface area contributed by atoms with Gasteiger partial charge in [-0.2, -0.15) is 0 Å². The van der Waals surface area contributed by atoms with Crippen molar-refractivity contribution in [1.29, 1.82) is 0 Å². The number of nitrogens with zero attached hydrogens (tertiary/aromatic N) is 2. The van der Waals surface area contributed by atoms with Crippen LogP contribution in [0.3, 0.4) is 0 Å². The van der Waals surface area contributed by atoms with Crippen LogP contribution in [0.2, 0.25) is 0 Å². The van der Waals surface area contributed by atoms with E-state index in [-0.39, 0.29) is 23.5 Å². The molecule has 9 heteroatoms. The van der Waals surface area contributed by atoms with Crippen LogP contribution in [0, 0.1) is 0 Å². The van der Waals surface area contributed by atoms with Crippen molar-refractivity contribution in [1.82, 2.24) is 4.57 Å². The number of para-hydroxylation sites is 1. The molecule has 1 atom stereocenters. The van der Waals surface area contributed by atoms with Crippen LogP contribution in [0.4, 0.5) is 0 Å². The standard InChI is InChI=1S/C26H26N2O6S/c1-5-33-20-13-17(11-12-19(20)32-4)23-22(25(31)34-6-2)15(3)27-26-28(23)24(30)21(35-26)14-16-9-7-8-10-18(16)29/h7-14,23,29H,5-6H2,1-4H3/b21-14+/t23-/m1/s1. The molecule has 1 aromatic heterocycles. The summed E-state index contributed by atoms with van der Waals surface area (Å²) in [6.07, 6.45) is 1.62. The number of aromatic hydroxyl groups is 1. The van der Waals surface area contributed by atoms with E-state index in [9.17, 15) is 14.7 Å². The van der Waals surface area contributed by atoms with Crippen LogP contribution in [0.15, 0.2) is 63.5 Å². The maximum absolute atomic E-state index is 13.6. The predicted molar refractivity (Wildman–Crippen MR) is 133 cm³/mol. The first-order chi connectivity index (χ1) is 16.9. The monoisotopic (exact) mass is 494 g/mol.